The van der Waals surface area contributed by atoms with Gasteiger partial charge in [0, 0.05) is 18.6 Å². The minimum Gasteiger partial charge on any atom is -0.353 e. The normalized spacial score (nSPS) is 23.5. The Morgan fingerprint density at radius 2 is 1.96 bits per heavy atom. The van der Waals surface area contributed by atoms with Crippen molar-refractivity contribution in [2.75, 3.05) is 6.61 Å². The highest BCUT2D eigenvalue weighted by Gasteiger charge is 2.27. The van der Waals surface area contributed by atoms with Gasteiger partial charge in [0.05, 0.1) is 12.2 Å². The van der Waals surface area contributed by atoms with Crippen molar-refractivity contribution in [2.45, 2.75) is 64.5 Å². The molecule has 1 aromatic carbocycles. The molecule has 1 saturated heterocycles. The minimum atomic E-state index is -0.260. The average molecular weight is 316 g/mol. The maximum atomic E-state index is 9.55. The highest BCUT2D eigenvalue weighted by Crippen LogP contribution is 2.21. The van der Waals surface area contributed by atoms with Crippen molar-refractivity contribution in [1.82, 2.24) is 5.32 Å². The van der Waals surface area contributed by atoms with Crippen molar-refractivity contribution in [3.63, 3.8) is 0 Å². The summed E-state index contributed by atoms with van der Waals surface area (Å²) in [5, 5.41) is 13.0. The smallest absolute Gasteiger partial charge is 0.157 e. The molecule has 1 aromatic rings. The SMILES string of the molecule is C[C@@H]([C@H](C)OC1CCCCO1)[C@@H](C#N)N[C@@H](C)c1ccccc1. The summed E-state index contributed by atoms with van der Waals surface area (Å²) in [4.78, 5) is 0. The molecular weight excluding hydrogens is 288 g/mol. The number of nitrogens with one attached hydrogen (secondary N) is 1. The van der Waals surface area contributed by atoms with E-state index in [1.165, 1.54) is 5.56 Å². The summed E-state index contributed by atoms with van der Waals surface area (Å²) in [6, 6.07) is 12.4. The molecule has 1 N–H and O–H groups in total. The Hall–Kier alpha value is -1.41. The third kappa shape index (κ3) is 5.31. The van der Waals surface area contributed by atoms with Gasteiger partial charge in [0.1, 0.15) is 6.04 Å². The molecule has 1 aliphatic heterocycles. The highest BCUT2D eigenvalue weighted by molar-refractivity contribution is 5.18. The molecule has 0 aromatic heterocycles. The zero-order chi connectivity index (χ0) is 16.7. The fourth-order valence-corrected chi connectivity index (χ4v) is 2.87. The van der Waals surface area contributed by atoms with Crippen molar-refractivity contribution in [1.29, 1.82) is 5.26 Å². The molecule has 1 aliphatic rings. The molecule has 1 heterocycles. The number of ether oxygens (including phenoxy) is 2. The molecule has 0 radical (unpaired) electrons. The summed E-state index contributed by atoms with van der Waals surface area (Å²) in [6.45, 7) is 6.95. The highest BCUT2D eigenvalue weighted by atomic mass is 16.7. The molecule has 1 unspecified atom stereocenters. The van der Waals surface area contributed by atoms with Gasteiger partial charge in [-0.25, -0.2) is 0 Å². The fraction of sp³-hybridized carbons (Fsp3) is 0.632. The van der Waals surface area contributed by atoms with Crippen LogP contribution in [0.15, 0.2) is 30.3 Å². The van der Waals surface area contributed by atoms with Gasteiger partial charge in [-0.3, -0.25) is 5.32 Å². The Bertz CT molecular complexity index is 494. The first kappa shape index (κ1) is 17.9. The number of hydrogen-bond acceptors (Lipinski definition) is 4. The Balaban J connectivity index is 1.89. The van der Waals surface area contributed by atoms with Crippen LogP contribution in [-0.4, -0.2) is 25.0 Å². The average Bonchev–Trinajstić information content (AvgIpc) is 2.60. The van der Waals surface area contributed by atoms with E-state index in [9.17, 15) is 5.26 Å². The summed E-state index contributed by atoms with van der Waals surface area (Å²) in [5.74, 6) is 0.0803. The van der Waals surface area contributed by atoms with E-state index in [-0.39, 0.29) is 30.4 Å². The number of nitrogens with zero attached hydrogens (tertiary/aromatic N) is 1. The second-order valence-electron chi connectivity index (χ2n) is 6.40. The molecule has 0 bridgehead atoms. The number of rotatable bonds is 7. The molecule has 0 amide bonds. The van der Waals surface area contributed by atoms with Crippen molar-refractivity contribution < 1.29 is 9.47 Å². The maximum absolute atomic E-state index is 9.55. The first-order valence-electron chi connectivity index (χ1n) is 8.59. The zero-order valence-electron chi connectivity index (χ0n) is 14.4. The van der Waals surface area contributed by atoms with E-state index in [1.54, 1.807) is 0 Å². The summed E-state index contributed by atoms with van der Waals surface area (Å²) < 4.78 is 11.6. The molecule has 4 nitrogen and oxygen atoms in total. The number of benzene rings is 1. The quantitative estimate of drug-likeness (QED) is 0.831. The Labute approximate surface area is 139 Å². The van der Waals surface area contributed by atoms with Crippen molar-refractivity contribution in [3.8, 4) is 6.07 Å². The predicted octanol–water partition coefficient (Wildman–Crippen LogP) is 3.80. The van der Waals surface area contributed by atoms with E-state index < -0.39 is 0 Å². The van der Waals surface area contributed by atoms with Crippen molar-refractivity contribution >= 4 is 0 Å². The van der Waals surface area contributed by atoms with Gasteiger partial charge in [-0.1, -0.05) is 37.3 Å². The van der Waals surface area contributed by atoms with Gasteiger partial charge in [-0.15, -0.1) is 0 Å². The monoisotopic (exact) mass is 316 g/mol. The largest absolute Gasteiger partial charge is 0.353 e. The molecule has 4 heteroatoms. The molecule has 2 rings (SSSR count). The van der Waals surface area contributed by atoms with Gasteiger partial charge in [-0.2, -0.15) is 5.26 Å². The van der Waals surface area contributed by atoms with Crippen LogP contribution in [-0.2, 0) is 9.47 Å². The summed E-state index contributed by atoms with van der Waals surface area (Å²) >= 11 is 0. The second kappa shape index (κ2) is 9.02. The van der Waals surface area contributed by atoms with Crippen molar-refractivity contribution in [3.05, 3.63) is 35.9 Å². The Morgan fingerprint density at radius 3 is 2.57 bits per heavy atom. The third-order valence-electron chi connectivity index (χ3n) is 4.64. The van der Waals surface area contributed by atoms with Crippen LogP contribution in [0.4, 0.5) is 0 Å². The van der Waals surface area contributed by atoms with Crippen LogP contribution < -0.4 is 5.32 Å². The van der Waals surface area contributed by atoms with Gasteiger partial charge in [0.25, 0.3) is 0 Å². The van der Waals surface area contributed by atoms with Gasteiger partial charge in [0.15, 0.2) is 6.29 Å². The van der Waals surface area contributed by atoms with Gasteiger partial charge >= 0.3 is 0 Å². The first-order valence-corrected chi connectivity index (χ1v) is 8.59. The zero-order valence-corrected chi connectivity index (χ0v) is 14.4. The molecule has 5 atom stereocenters. The van der Waals surface area contributed by atoms with Gasteiger partial charge in [0.2, 0.25) is 0 Å². The first-order chi connectivity index (χ1) is 11.1. The number of hydrogen-bond donors (Lipinski definition) is 1. The lowest BCUT2D eigenvalue weighted by atomic mass is 9.95. The lowest BCUT2D eigenvalue weighted by Gasteiger charge is -2.32. The van der Waals surface area contributed by atoms with E-state index in [2.05, 4.69) is 37.4 Å². The van der Waals surface area contributed by atoms with E-state index >= 15 is 0 Å². The van der Waals surface area contributed by atoms with Crippen LogP contribution in [0, 0.1) is 17.2 Å². The van der Waals surface area contributed by atoms with E-state index in [0.29, 0.717) is 0 Å². The standard InChI is InChI=1S/C19H28N2O2/c1-14(16(3)23-19-11-7-8-12-22-19)18(13-20)21-15(2)17-9-5-4-6-10-17/h4-6,9-10,14-16,18-19,21H,7-8,11-12H2,1-3H3/t14-,15-,16-,18+,19?/m0/s1. The molecule has 0 aliphatic carbocycles. The molecule has 23 heavy (non-hydrogen) atoms. The molecule has 1 fully saturated rings. The van der Waals surface area contributed by atoms with Crippen LogP contribution in [0.2, 0.25) is 0 Å². The lowest BCUT2D eigenvalue weighted by Crippen LogP contribution is -2.42. The van der Waals surface area contributed by atoms with E-state index in [1.807, 2.05) is 25.1 Å². The molecule has 0 spiro atoms. The summed E-state index contributed by atoms with van der Waals surface area (Å²) in [7, 11) is 0. The lowest BCUT2D eigenvalue weighted by molar-refractivity contribution is -0.194. The van der Waals surface area contributed by atoms with Gasteiger partial charge < -0.3 is 9.47 Å². The molecule has 0 saturated carbocycles. The van der Waals surface area contributed by atoms with Crippen LogP contribution in [0.1, 0.15) is 51.6 Å². The Kier molecular flexibility index (Phi) is 7.04. The number of nitriles is 1. The van der Waals surface area contributed by atoms with Crippen LogP contribution >= 0.6 is 0 Å². The van der Waals surface area contributed by atoms with E-state index in [4.69, 9.17) is 9.47 Å². The van der Waals surface area contributed by atoms with Crippen LogP contribution in [0.5, 0.6) is 0 Å². The summed E-state index contributed by atoms with van der Waals surface area (Å²) in [5.41, 5.74) is 1.18. The molecular formula is C19H28N2O2. The maximum Gasteiger partial charge on any atom is 0.157 e. The Morgan fingerprint density at radius 1 is 1.22 bits per heavy atom. The van der Waals surface area contributed by atoms with Crippen LogP contribution in [0.25, 0.3) is 0 Å². The van der Waals surface area contributed by atoms with E-state index in [0.717, 1.165) is 25.9 Å². The second-order valence-corrected chi connectivity index (χ2v) is 6.40. The predicted molar refractivity (Wildman–Crippen MR) is 90.7 cm³/mol. The van der Waals surface area contributed by atoms with Crippen LogP contribution in [0.3, 0.4) is 0 Å². The van der Waals surface area contributed by atoms with Crippen molar-refractivity contribution in [2.24, 2.45) is 5.92 Å². The minimum absolute atomic E-state index is 0.0294. The molecule has 126 valence electrons. The summed E-state index contributed by atoms with van der Waals surface area (Å²) in [6.07, 6.45) is 3.06. The van der Waals surface area contributed by atoms with Gasteiger partial charge in [-0.05, 0) is 38.7 Å². The fourth-order valence-electron chi connectivity index (χ4n) is 2.87. The topological polar surface area (TPSA) is 54.3 Å². The third-order valence-corrected chi connectivity index (χ3v) is 4.64.